The molecule has 1 aromatic heterocycles. The number of rotatable bonds is 5. The summed E-state index contributed by atoms with van der Waals surface area (Å²) >= 11 is 0. The van der Waals surface area contributed by atoms with Crippen molar-refractivity contribution in [3.63, 3.8) is 0 Å². The van der Waals surface area contributed by atoms with Crippen molar-refractivity contribution in [1.29, 1.82) is 0 Å². The molecule has 2 aromatic rings. The molecule has 0 amide bonds. The average molecular weight is 275 g/mol. The van der Waals surface area contributed by atoms with Gasteiger partial charge in [-0.25, -0.2) is 4.98 Å². The van der Waals surface area contributed by atoms with Gasteiger partial charge in [0.05, 0.1) is 12.0 Å². The molecule has 20 heavy (non-hydrogen) atoms. The summed E-state index contributed by atoms with van der Waals surface area (Å²) in [6.45, 7) is 0.376. The summed E-state index contributed by atoms with van der Waals surface area (Å²) < 4.78 is 5.05. The molecule has 0 saturated carbocycles. The van der Waals surface area contributed by atoms with Gasteiger partial charge in [0.2, 0.25) is 11.8 Å². The first-order valence-electron chi connectivity index (χ1n) is 5.74. The van der Waals surface area contributed by atoms with E-state index in [2.05, 4.69) is 15.3 Å². The minimum absolute atomic E-state index is 0.0205. The molecule has 0 aliphatic carbocycles. The standard InChI is InChI=1S/C12H13N5O3/c1-20-9-4-2-8(3-5-9)6-14-11-10(17(18)19)7-15-12(13)16-11/h2-5,7H,6H2,1H3,(H3,13,14,15,16). The highest BCUT2D eigenvalue weighted by Gasteiger charge is 2.16. The first-order chi connectivity index (χ1) is 9.60. The van der Waals surface area contributed by atoms with Gasteiger partial charge in [0.15, 0.2) is 0 Å². The number of anilines is 2. The molecular formula is C12H13N5O3. The number of hydrogen-bond donors (Lipinski definition) is 2. The third-order valence-corrected chi connectivity index (χ3v) is 2.60. The van der Waals surface area contributed by atoms with Crippen molar-refractivity contribution in [2.75, 3.05) is 18.2 Å². The summed E-state index contributed by atoms with van der Waals surface area (Å²) in [5.74, 6) is 0.817. The van der Waals surface area contributed by atoms with Crippen molar-refractivity contribution in [3.8, 4) is 5.75 Å². The van der Waals surface area contributed by atoms with E-state index in [-0.39, 0.29) is 17.5 Å². The summed E-state index contributed by atoms with van der Waals surface area (Å²) in [7, 11) is 1.58. The van der Waals surface area contributed by atoms with Crippen LogP contribution in [-0.2, 0) is 6.54 Å². The normalized spacial score (nSPS) is 10.1. The summed E-state index contributed by atoms with van der Waals surface area (Å²) in [6, 6.07) is 7.31. The molecule has 0 saturated heterocycles. The molecule has 1 aromatic carbocycles. The van der Waals surface area contributed by atoms with E-state index in [1.165, 1.54) is 0 Å². The SMILES string of the molecule is COc1ccc(CNc2nc(N)ncc2[N+](=O)[O-])cc1. The second-order valence-electron chi connectivity index (χ2n) is 3.92. The Balaban J connectivity index is 2.13. The lowest BCUT2D eigenvalue weighted by Gasteiger charge is -2.07. The van der Waals surface area contributed by atoms with Gasteiger partial charge in [0.25, 0.3) is 0 Å². The third kappa shape index (κ3) is 3.10. The number of aromatic nitrogens is 2. The van der Waals surface area contributed by atoms with E-state index in [9.17, 15) is 10.1 Å². The summed E-state index contributed by atoms with van der Waals surface area (Å²) in [5, 5.41) is 13.7. The highest BCUT2D eigenvalue weighted by Crippen LogP contribution is 2.22. The van der Waals surface area contributed by atoms with Crippen LogP contribution in [0.4, 0.5) is 17.5 Å². The maximum atomic E-state index is 10.9. The first kappa shape index (κ1) is 13.5. The molecular weight excluding hydrogens is 262 g/mol. The zero-order valence-electron chi connectivity index (χ0n) is 10.7. The second-order valence-corrected chi connectivity index (χ2v) is 3.92. The van der Waals surface area contributed by atoms with Crippen LogP contribution in [0.1, 0.15) is 5.56 Å². The van der Waals surface area contributed by atoms with E-state index < -0.39 is 4.92 Å². The van der Waals surface area contributed by atoms with Crippen LogP contribution in [0.3, 0.4) is 0 Å². The van der Waals surface area contributed by atoms with Gasteiger partial charge >= 0.3 is 5.69 Å². The van der Waals surface area contributed by atoms with Crippen molar-refractivity contribution in [1.82, 2.24) is 9.97 Å². The summed E-state index contributed by atoms with van der Waals surface area (Å²) in [5.41, 5.74) is 6.15. The minimum Gasteiger partial charge on any atom is -0.497 e. The number of nitrogens with one attached hydrogen (secondary N) is 1. The zero-order chi connectivity index (χ0) is 14.5. The van der Waals surface area contributed by atoms with E-state index in [1.54, 1.807) is 19.2 Å². The predicted octanol–water partition coefficient (Wildman–Crippen LogP) is 1.59. The van der Waals surface area contributed by atoms with Gasteiger partial charge in [0, 0.05) is 6.54 Å². The predicted molar refractivity (Wildman–Crippen MR) is 73.4 cm³/mol. The van der Waals surface area contributed by atoms with Crippen LogP contribution in [0.5, 0.6) is 5.75 Å². The van der Waals surface area contributed by atoms with Crippen molar-refractivity contribution in [2.45, 2.75) is 6.54 Å². The number of ether oxygens (including phenoxy) is 1. The van der Waals surface area contributed by atoms with Crippen molar-refractivity contribution >= 4 is 17.5 Å². The molecule has 0 bridgehead atoms. The molecule has 0 spiro atoms. The molecule has 8 nitrogen and oxygen atoms in total. The van der Waals surface area contributed by atoms with Crippen LogP contribution in [0.2, 0.25) is 0 Å². The number of benzene rings is 1. The highest BCUT2D eigenvalue weighted by molar-refractivity contribution is 5.56. The fourth-order valence-electron chi connectivity index (χ4n) is 1.58. The summed E-state index contributed by atoms with van der Waals surface area (Å²) in [4.78, 5) is 17.7. The van der Waals surface area contributed by atoms with Crippen LogP contribution >= 0.6 is 0 Å². The zero-order valence-corrected chi connectivity index (χ0v) is 10.7. The smallest absolute Gasteiger partial charge is 0.329 e. The molecule has 2 rings (SSSR count). The fraction of sp³-hybridized carbons (Fsp3) is 0.167. The van der Waals surface area contributed by atoms with Gasteiger partial charge in [-0.05, 0) is 17.7 Å². The van der Waals surface area contributed by atoms with Crippen LogP contribution in [0.25, 0.3) is 0 Å². The van der Waals surface area contributed by atoms with Crippen LogP contribution in [-0.4, -0.2) is 22.0 Å². The van der Waals surface area contributed by atoms with Crippen LogP contribution in [0.15, 0.2) is 30.5 Å². The Bertz CT molecular complexity index is 615. The lowest BCUT2D eigenvalue weighted by atomic mass is 10.2. The van der Waals surface area contributed by atoms with Gasteiger partial charge in [-0.3, -0.25) is 10.1 Å². The number of nitrogens with two attached hydrogens (primary N) is 1. The Kier molecular flexibility index (Phi) is 3.94. The van der Waals surface area contributed by atoms with E-state index in [0.29, 0.717) is 6.54 Å². The van der Waals surface area contributed by atoms with E-state index in [0.717, 1.165) is 17.5 Å². The Hall–Kier alpha value is -2.90. The number of nitrogens with zero attached hydrogens (tertiary/aromatic N) is 3. The molecule has 3 N–H and O–H groups in total. The molecule has 0 radical (unpaired) electrons. The fourth-order valence-corrected chi connectivity index (χ4v) is 1.58. The van der Waals surface area contributed by atoms with E-state index in [4.69, 9.17) is 10.5 Å². The Morgan fingerprint density at radius 1 is 1.40 bits per heavy atom. The number of hydrogen-bond acceptors (Lipinski definition) is 7. The number of methoxy groups -OCH3 is 1. The molecule has 1 heterocycles. The second kappa shape index (κ2) is 5.83. The largest absolute Gasteiger partial charge is 0.497 e. The van der Waals surface area contributed by atoms with Gasteiger partial charge in [-0.1, -0.05) is 12.1 Å². The topological polar surface area (TPSA) is 116 Å². The molecule has 0 fully saturated rings. The van der Waals surface area contributed by atoms with Gasteiger partial charge in [-0.2, -0.15) is 4.98 Å². The molecule has 0 atom stereocenters. The third-order valence-electron chi connectivity index (χ3n) is 2.60. The molecule has 104 valence electrons. The Morgan fingerprint density at radius 3 is 2.70 bits per heavy atom. The Morgan fingerprint density at radius 2 is 2.10 bits per heavy atom. The number of nitrogen functional groups attached to an aromatic ring is 1. The molecule has 8 heteroatoms. The maximum Gasteiger partial charge on any atom is 0.329 e. The van der Waals surface area contributed by atoms with Crippen LogP contribution in [0, 0.1) is 10.1 Å². The lowest BCUT2D eigenvalue weighted by Crippen LogP contribution is -2.07. The average Bonchev–Trinajstić information content (AvgIpc) is 2.45. The van der Waals surface area contributed by atoms with E-state index in [1.807, 2.05) is 12.1 Å². The van der Waals surface area contributed by atoms with Gasteiger partial charge < -0.3 is 15.8 Å². The highest BCUT2D eigenvalue weighted by atomic mass is 16.6. The van der Waals surface area contributed by atoms with Crippen molar-refractivity contribution in [3.05, 3.63) is 46.1 Å². The monoisotopic (exact) mass is 275 g/mol. The van der Waals surface area contributed by atoms with Gasteiger partial charge in [-0.15, -0.1) is 0 Å². The summed E-state index contributed by atoms with van der Waals surface area (Å²) in [6.07, 6.45) is 1.08. The van der Waals surface area contributed by atoms with Crippen LogP contribution < -0.4 is 15.8 Å². The lowest BCUT2D eigenvalue weighted by molar-refractivity contribution is -0.384. The first-order valence-corrected chi connectivity index (χ1v) is 5.74. The molecule has 0 unspecified atom stereocenters. The Labute approximate surface area is 114 Å². The van der Waals surface area contributed by atoms with E-state index >= 15 is 0 Å². The quantitative estimate of drug-likeness (QED) is 0.628. The van der Waals surface area contributed by atoms with Gasteiger partial charge in [0.1, 0.15) is 11.9 Å². The van der Waals surface area contributed by atoms with Crippen molar-refractivity contribution < 1.29 is 9.66 Å². The molecule has 0 aliphatic rings. The maximum absolute atomic E-state index is 10.9. The minimum atomic E-state index is -0.560. The molecule has 0 aliphatic heterocycles. The number of nitro groups is 1. The van der Waals surface area contributed by atoms with Crippen molar-refractivity contribution in [2.24, 2.45) is 0 Å².